The van der Waals surface area contributed by atoms with E-state index < -0.39 is 0 Å². The summed E-state index contributed by atoms with van der Waals surface area (Å²) >= 11 is 0. The second-order valence-electron chi connectivity index (χ2n) is 6.83. The lowest BCUT2D eigenvalue weighted by atomic mass is 9.60. The third-order valence-corrected chi connectivity index (χ3v) is 5.47. The first-order chi connectivity index (χ1) is 11.8. The van der Waals surface area contributed by atoms with E-state index in [1.807, 2.05) is 24.4 Å². The zero-order valence-corrected chi connectivity index (χ0v) is 17.7. The Hall–Kier alpha value is -0.890. The van der Waals surface area contributed by atoms with E-state index in [-0.39, 0.29) is 24.0 Å². The first kappa shape index (κ1) is 20.4. The first-order valence-corrected chi connectivity index (χ1v) is 9.35. The standard InChI is InChI=1S/C19H30N4O.HI/c1-3-20-18(22-14-15-9-5-8-12-21-15)23-16-13-17(24-4-2)19(16)10-6-7-11-19;/h5,8-9,12,16-17H,3-4,6-7,10-11,13-14H2,1-2H3,(H2,20,22,23);1H. The van der Waals surface area contributed by atoms with E-state index in [1.165, 1.54) is 25.7 Å². The van der Waals surface area contributed by atoms with Gasteiger partial charge in [0, 0.05) is 30.8 Å². The number of aliphatic imine (C=N–C) groups is 1. The largest absolute Gasteiger partial charge is 0.378 e. The van der Waals surface area contributed by atoms with Crippen LogP contribution in [0.1, 0.15) is 51.6 Å². The van der Waals surface area contributed by atoms with Crippen LogP contribution in [0.25, 0.3) is 0 Å². The topological polar surface area (TPSA) is 58.5 Å². The quantitative estimate of drug-likeness (QED) is 0.389. The molecule has 2 aliphatic rings. The molecular weight excluding hydrogens is 427 g/mol. The second-order valence-corrected chi connectivity index (χ2v) is 6.83. The number of ether oxygens (including phenoxy) is 1. The van der Waals surface area contributed by atoms with Crippen molar-refractivity contribution in [3.63, 3.8) is 0 Å². The van der Waals surface area contributed by atoms with Crippen LogP contribution in [0.15, 0.2) is 29.4 Å². The van der Waals surface area contributed by atoms with Crippen molar-refractivity contribution in [2.75, 3.05) is 13.2 Å². The van der Waals surface area contributed by atoms with Gasteiger partial charge in [0.25, 0.3) is 0 Å². The highest BCUT2D eigenvalue weighted by Crippen LogP contribution is 2.54. The zero-order valence-electron chi connectivity index (χ0n) is 15.3. The molecule has 1 aromatic heterocycles. The molecule has 25 heavy (non-hydrogen) atoms. The summed E-state index contributed by atoms with van der Waals surface area (Å²) in [5, 5.41) is 7.05. The van der Waals surface area contributed by atoms with Crippen LogP contribution in [-0.2, 0) is 11.3 Å². The number of nitrogens with one attached hydrogen (secondary N) is 2. The number of hydrogen-bond donors (Lipinski definition) is 2. The molecule has 0 amide bonds. The van der Waals surface area contributed by atoms with Gasteiger partial charge in [0.1, 0.15) is 0 Å². The number of guanidine groups is 1. The number of halogens is 1. The number of hydrogen-bond acceptors (Lipinski definition) is 3. The van der Waals surface area contributed by atoms with Crippen molar-refractivity contribution in [1.29, 1.82) is 0 Å². The lowest BCUT2D eigenvalue weighted by Crippen LogP contribution is -2.65. The average molecular weight is 458 g/mol. The normalized spacial score (nSPS) is 24.5. The average Bonchev–Trinajstić information content (AvgIpc) is 3.12. The summed E-state index contributed by atoms with van der Waals surface area (Å²) in [5.74, 6) is 0.898. The van der Waals surface area contributed by atoms with E-state index in [2.05, 4.69) is 29.5 Å². The molecule has 2 atom stereocenters. The van der Waals surface area contributed by atoms with Gasteiger partial charge in [-0.05, 0) is 45.2 Å². The predicted molar refractivity (Wildman–Crippen MR) is 112 cm³/mol. The first-order valence-electron chi connectivity index (χ1n) is 9.35. The fourth-order valence-electron chi connectivity index (χ4n) is 4.23. The molecular formula is C19H31IN4O. The van der Waals surface area contributed by atoms with Gasteiger partial charge in [-0.1, -0.05) is 18.9 Å². The van der Waals surface area contributed by atoms with Crippen LogP contribution in [0.5, 0.6) is 0 Å². The van der Waals surface area contributed by atoms with Crippen molar-refractivity contribution in [1.82, 2.24) is 15.6 Å². The van der Waals surface area contributed by atoms with E-state index in [4.69, 9.17) is 9.73 Å². The molecule has 1 aromatic rings. The van der Waals surface area contributed by atoms with Crippen LogP contribution >= 0.6 is 24.0 Å². The number of nitrogens with zero attached hydrogens (tertiary/aromatic N) is 2. The van der Waals surface area contributed by atoms with Crippen molar-refractivity contribution in [3.8, 4) is 0 Å². The molecule has 0 aromatic carbocycles. The van der Waals surface area contributed by atoms with Gasteiger partial charge < -0.3 is 15.4 Å². The number of rotatable bonds is 6. The maximum absolute atomic E-state index is 6.01. The highest BCUT2D eigenvalue weighted by molar-refractivity contribution is 14.0. The molecule has 140 valence electrons. The van der Waals surface area contributed by atoms with Crippen LogP contribution in [0.4, 0.5) is 0 Å². The lowest BCUT2D eigenvalue weighted by molar-refractivity contribution is -0.125. The fraction of sp³-hybridized carbons (Fsp3) is 0.684. The highest BCUT2D eigenvalue weighted by Gasteiger charge is 2.56. The molecule has 0 bridgehead atoms. The van der Waals surface area contributed by atoms with Crippen molar-refractivity contribution < 1.29 is 4.74 Å². The molecule has 2 saturated carbocycles. The Kier molecular flexibility index (Phi) is 7.93. The Labute approximate surface area is 168 Å². The second kappa shape index (κ2) is 9.71. The maximum Gasteiger partial charge on any atom is 0.191 e. The van der Waals surface area contributed by atoms with Crippen LogP contribution in [0, 0.1) is 5.41 Å². The maximum atomic E-state index is 6.01. The van der Waals surface area contributed by atoms with E-state index in [0.29, 0.717) is 24.1 Å². The summed E-state index contributed by atoms with van der Waals surface area (Å²) in [4.78, 5) is 9.07. The van der Waals surface area contributed by atoms with Gasteiger partial charge in [-0.25, -0.2) is 4.99 Å². The van der Waals surface area contributed by atoms with Crippen LogP contribution in [0.2, 0.25) is 0 Å². The van der Waals surface area contributed by atoms with Gasteiger partial charge in [-0.15, -0.1) is 24.0 Å². The Balaban J connectivity index is 0.00000225. The molecule has 0 aliphatic heterocycles. The van der Waals surface area contributed by atoms with E-state index >= 15 is 0 Å². The monoisotopic (exact) mass is 458 g/mol. The Morgan fingerprint density at radius 1 is 1.32 bits per heavy atom. The van der Waals surface area contributed by atoms with Gasteiger partial charge in [0.15, 0.2) is 5.96 Å². The van der Waals surface area contributed by atoms with Crippen molar-refractivity contribution in [3.05, 3.63) is 30.1 Å². The smallest absolute Gasteiger partial charge is 0.191 e. The Bertz CT molecular complexity index is 546. The number of pyridine rings is 1. The zero-order chi connectivity index (χ0) is 16.8. The van der Waals surface area contributed by atoms with Gasteiger partial charge >= 0.3 is 0 Å². The molecule has 2 fully saturated rings. The van der Waals surface area contributed by atoms with Crippen LogP contribution in [-0.4, -0.2) is 36.2 Å². The Morgan fingerprint density at radius 3 is 2.76 bits per heavy atom. The minimum Gasteiger partial charge on any atom is -0.378 e. The molecule has 2 N–H and O–H groups in total. The molecule has 2 aliphatic carbocycles. The van der Waals surface area contributed by atoms with Crippen LogP contribution < -0.4 is 10.6 Å². The molecule has 1 spiro atoms. The van der Waals surface area contributed by atoms with E-state index in [0.717, 1.165) is 31.2 Å². The van der Waals surface area contributed by atoms with Crippen molar-refractivity contribution >= 4 is 29.9 Å². The molecule has 0 radical (unpaired) electrons. The van der Waals surface area contributed by atoms with Crippen molar-refractivity contribution in [2.45, 2.75) is 64.6 Å². The summed E-state index contributed by atoms with van der Waals surface area (Å²) in [6.07, 6.45) is 8.51. The molecule has 1 heterocycles. The summed E-state index contributed by atoms with van der Waals surface area (Å²) < 4.78 is 6.01. The summed E-state index contributed by atoms with van der Waals surface area (Å²) in [5.41, 5.74) is 1.31. The molecule has 0 saturated heterocycles. The summed E-state index contributed by atoms with van der Waals surface area (Å²) in [6.45, 7) is 6.48. The summed E-state index contributed by atoms with van der Waals surface area (Å²) in [7, 11) is 0. The molecule has 5 nitrogen and oxygen atoms in total. The van der Waals surface area contributed by atoms with Gasteiger partial charge in [0.2, 0.25) is 0 Å². The SMILES string of the molecule is CCNC(=NCc1ccccn1)NC1CC(OCC)C12CCCC2.I. The van der Waals surface area contributed by atoms with E-state index in [9.17, 15) is 0 Å². The van der Waals surface area contributed by atoms with Gasteiger partial charge in [0.05, 0.1) is 18.3 Å². The molecule has 6 heteroatoms. The minimum absolute atomic E-state index is 0. The fourth-order valence-corrected chi connectivity index (χ4v) is 4.23. The van der Waals surface area contributed by atoms with E-state index in [1.54, 1.807) is 0 Å². The molecule has 3 rings (SSSR count). The third kappa shape index (κ3) is 4.64. The Morgan fingerprint density at radius 2 is 2.12 bits per heavy atom. The van der Waals surface area contributed by atoms with Crippen LogP contribution in [0.3, 0.4) is 0 Å². The van der Waals surface area contributed by atoms with Gasteiger partial charge in [-0.3, -0.25) is 4.98 Å². The van der Waals surface area contributed by atoms with Crippen molar-refractivity contribution in [2.24, 2.45) is 10.4 Å². The lowest BCUT2D eigenvalue weighted by Gasteiger charge is -2.54. The number of aromatic nitrogens is 1. The minimum atomic E-state index is 0. The molecule has 2 unspecified atom stereocenters. The summed E-state index contributed by atoms with van der Waals surface area (Å²) in [6, 6.07) is 6.42. The highest BCUT2D eigenvalue weighted by atomic mass is 127. The third-order valence-electron chi connectivity index (χ3n) is 5.47. The van der Waals surface area contributed by atoms with Gasteiger partial charge in [-0.2, -0.15) is 0 Å². The predicted octanol–water partition coefficient (Wildman–Crippen LogP) is 3.49.